The number of benzene rings is 1. The highest BCUT2D eigenvalue weighted by molar-refractivity contribution is 5.42. The minimum absolute atomic E-state index is 0.0731. The molecular weight excluding hydrogens is 290 g/mol. The molecule has 1 aromatic rings. The Kier molecular flexibility index (Phi) is 3.67. The van der Waals surface area contributed by atoms with Gasteiger partial charge >= 0.3 is 0 Å². The van der Waals surface area contributed by atoms with Crippen LogP contribution in [0, 0.1) is 17.3 Å². The van der Waals surface area contributed by atoms with E-state index in [1.54, 1.807) is 6.07 Å². The van der Waals surface area contributed by atoms with Gasteiger partial charge < -0.3 is 15.1 Å². The van der Waals surface area contributed by atoms with E-state index in [-0.39, 0.29) is 17.4 Å². The van der Waals surface area contributed by atoms with Gasteiger partial charge in [-0.1, -0.05) is 13.0 Å². The quantitative estimate of drug-likeness (QED) is 0.733. The van der Waals surface area contributed by atoms with Gasteiger partial charge in [0.1, 0.15) is 5.75 Å². The monoisotopic (exact) mass is 317 g/mol. The van der Waals surface area contributed by atoms with Crippen LogP contribution in [0.4, 0.5) is 0 Å². The number of phenols is 1. The van der Waals surface area contributed by atoms with Crippen molar-refractivity contribution in [2.24, 2.45) is 23.1 Å². The SMILES string of the molecule is C[C@]12CC[C@@H]3c4ccc(O)cc4[C@H](CON)C[C@H]3[C@@H]1CC[C@@H]2O. The van der Waals surface area contributed by atoms with E-state index >= 15 is 0 Å². The van der Waals surface area contributed by atoms with Crippen molar-refractivity contribution in [1.29, 1.82) is 0 Å². The average Bonchev–Trinajstić information content (AvgIpc) is 2.83. The van der Waals surface area contributed by atoms with Gasteiger partial charge in [0.25, 0.3) is 0 Å². The van der Waals surface area contributed by atoms with Crippen molar-refractivity contribution in [3.63, 3.8) is 0 Å². The standard InChI is InChI=1S/C19H27NO3/c1-19-7-6-14-13-3-2-12(21)9-15(13)11(10-23-20)8-16(14)17(19)4-5-18(19)22/h2-3,9,11,14,16-18,21-22H,4-8,10,20H2,1H3/t11-,14+,16+,17-,18-,19-/m0/s1. The van der Waals surface area contributed by atoms with Crippen LogP contribution in [0.3, 0.4) is 0 Å². The van der Waals surface area contributed by atoms with Crippen molar-refractivity contribution in [1.82, 2.24) is 0 Å². The summed E-state index contributed by atoms with van der Waals surface area (Å²) in [6, 6.07) is 5.80. The lowest BCUT2D eigenvalue weighted by Crippen LogP contribution is -2.44. The number of fused-ring (bicyclic) bond motifs is 5. The molecule has 23 heavy (non-hydrogen) atoms. The molecule has 4 heteroatoms. The fraction of sp³-hybridized carbons (Fsp3) is 0.684. The van der Waals surface area contributed by atoms with Crippen molar-refractivity contribution in [2.75, 3.05) is 6.61 Å². The Morgan fingerprint density at radius 2 is 2.09 bits per heavy atom. The fourth-order valence-corrected chi connectivity index (χ4v) is 5.96. The number of nitrogens with two attached hydrogens (primary N) is 1. The van der Waals surface area contributed by atoms with Crippen molar-refractivity contribution in [3.8, 4) is 5.75 Å². The number of hydrogen-bond acceptors (Lipinski definition) is 4. The second-order valence-electron chi connectivity index (χ2n) is 8.09. The average molecular weight is 317 g/mol. The number of hydrogen-bond donors (Lipinski definition) is 3. The minimum atomic E-state index is -0.154. The van der Waals surface area contributed by atoms with Crippen LogP contribution in [0.5, 0.6) is 5.75 Å². The van der Waals surface area contributed by atoms with Crippen LogP contribution in [0.2, 0.25) is 0 Å². The fourth-order valence-electron chi connectivity index (χ4n) is 5.96. The zero-order valence-corrected chi connectivity index (χ0v) is 13.7. The number of aromatic hydroxyl groups is 1. The van der Waals surface area contributed by atoms with E-state index in [2.05, 4.69) is 13.0 Å². The van der Waals surface area contributed by atoms with Crippen LogP contribution >= 0.6 is 0 Å². The molecule has 0 amide bonds. The van der Waals surface area contributed by atoms with E-state index in [9.17, 15) is 10.2 Å². The summed E-state index contributed by atoms with van der Waals surface area (Å²) in [7, 11) is 0. The van der Waals surface area contributed by atoms with Crippen LogP contribution in [-0.4, -0.2) is 22.9 Å². The molecule has 2 fully saturated rings. The molecule has 3 aliphatic rings. The smallest absolute Gasteiger partial charge is 0.115 e. The van der Waals surface area contributed by atoms with Gasteiger partial charge in [-0.2, -0.15) is 0 Å². The summed E-state index contributed by atoms with van der Waals surface area (Å²) in [4.78, 5) is 4.98. The zero-order valence-electron chi connectivity index (χ0n) is 13.7. The van der Waals surface area contributed by atoms with Gasteiger partial charge in [-0.25, -0.2) is 5.90 Å². The van der Waals surface area contributed by atoms with Gasteiger partial charge in [-0.15, -0.1) is 0 Å². The second-order valence-corrected chi connectivity index (χ2v) is 8.09. The topological polar surface area (TPSA) is 75.7 Å². The third-order valence-electron chi connectivity index (χ3n) is 7.15. The highest BCUT2D eigenvalue weighted by Crippen LogP contribution is 2.62. The van der Waals surface area contributed by atoms with Crippen molar-refractivity contribution >= 4 is 0 Å². The lowest BCUT2D eigenvalue weighted by molar-refractivity contribution is -0.0283. The van der Waals surface area contributed by atoms with Gasteiger partial charge in [0.2, 0.25) is 0 Å². The molecule has 4 rings (SSSR count). The van der Waals surface area contributed by atoms with E-state index in [1.807, 2.05) is 6.07 Å². The Hall–Kier alpha value is -1.10. The van der Waals surface area contributed by atoms with Gasteiger partial charge in [0, 0.05) is 5.92 Å². The summed E-state index contributed by atoms with van der Waals surface area (Å²) in [5.74, 6) is 7.65. The maximum atomic E-state index is 10.5. The largest absolute Gasteiger partial charge is 0.508 e. The molecule has 126 valence electrons. The molecule has 3 aliphatic carbocycles. The molecule has 1 aromatic carbocycles. The molecule has 6 atom stereocenters. The minimum Gasteiger partial charge on any atom is -0.508 e. The van der Waals surface area contributed by atoms with Gasteiger partial charge in [0.05, 0.1) is 12.7 Å². The van der Waals surface area contributed by atoms with Crippen LogP contribution in [-0.2, 0) is 4.84 Å². The van der Waals surface area contributed by atoms with E-state index < -0.39 is 0 Å². The highest BCUT2D eigenvalue weighted by atomic mass is 16.6. The molecule has 0 aliphatic heterocycles. The van der Waals surface area contributed by atoms with Gasteiger partial charge in [0.15, 0.2) is 0 Å². The van der Waals surface area contributed by atoms with Crippen molar-refractivity contribution < 1.29 is 15.1 Å². The predicted molar refractivity (Wildman–Crippen MR) is 87.9 cm³/mol. The third kappa shape index (κ3) is 2.23. The predicted octanol–water partition coefficient (Wildman–Crippen LogP) is 3.04. The molecule has 0 radical (unpaired) electrons. The lowest BCUT2D eigenvalue weighted by atomic mass is 9.54. The second kappa shape index (κ2) is 5.47. The summed E-state index contributed by atoms with van der Waals surface area (Å²) >= 11 is 0. The summed E-state index contributed by atoms with van der Waals surface area (Å²) in [5, 5.41) is 20.4. The number of aliphatic hydroxyl groups excluding tert-OH is 1. The Morgan fingerprint density at radius 3 is 2.87 bits per heavy atom. The summed E-state index contributed by atoms with van der Waals surface area (Å²) in [5.41, 5.74) is 2.65. The van der Waals surface area contributed by atoms with E-state index in [0.29, 0.717) is 30.1 Å². The van der Waals surface area contributed by atoms with Crippen molar-refractivity contribution in [2.45, 2.75) is 57.0 Å². The molecule has 4 N–H and O–H groups in total. The summed E-state index contributed by atoms with van der Waals surface area (Å²) < 4.78 is 0. The normalized spacial score (nSPS) is 42.0. The lowest BCUT2D eigenvalue weighted by Gasteiger charge is -2.51. The molecule has 0 bridgehead atoms. The van der Waals surface area contributed by atoms with Crippen LogP contribution < -0.4 is 5.90 Å². The molecule has 4 nitrogen and oxygen atoms in total. The first-order valence-electron chi connectivity index (χ1n) is 8.87. The van der Waals surface area contributed by atoms with Gasteiger partial charge in [-0.05, 0) is 78.5 Å². The molecule has 0 saturated heterocycles. The summed E-state index contributed by atoms with van der Waals surface area (Å²) in [6.07, 6.45) is 5.18. The first kappa shape index (κ1) is 15.4. The molecule has 0 aromatic heterocycles. The number of phenolic OH excluding ortho intramolecular Hbond substituents is 1. The molecule has 0 spiro atoms. The maximum Gasteiger partial charge on any atom is 0.115 e. The van der Waals surface area contributed by atoms with Crippen LogP contribution in [0.1, 0.15) is 62.0 Å². The first-order chi connectivity index (χ1) is 11.0. The zero-order chi connectivity index (χ0) is 16.2. The van der Waals surface area contributed by atoms with E-state index in [1.165, 1.54) is 11.1 Å². The Bertz CT molecular complexity index is 604. The third-order valence-corrected chi connectivity index (χ3v) is 7.15. The first-order valence-corrected chi connectivity index (χ1v) is 8.87. The van der Waals surface area contributed by atoms with Crippen LogP contribution in [0.25, 0.3) is 0 Å². The molecular formula is C19H27NO3. The number of aliphatic hydroxyl groups is 1. The van der Waals surface area contributed by atoms with Gasteiger partial charge in [-0.3, -0.25) is 0 Å². The molecule has 0 heterocycles. The summed E-state index contributed by atoms with van der Waals surface area (Å²) in [6.45, 7) is 2.78. The number of rotatable bonds is 2. The highest BCUT2D eigenvalue weighted by Gasteiger charge is 2.55. The Morgan fingerprint density at radius 1 is 1.26 bits per heavy atom. The molecule has 2 saturated carbocycles. The Labute approximate surface area is 137 Å². The van der Waals surface area contributed by atoms with E-state index in [4.69, 9.17) is 10.7 Å². The molecule has 0 unspecified atom stereocenters. The Balaban J connectivity index is 1.74. The van der Waals surface area contributed by atoms with Crippen LogP contribution in [0.15, 0.2) is 18.2 Å². The van der Waals surface area contributed by atoms with Crippen molar-refractivity contribution in [3.05, 3.63) is 29.3 Å². The van der Waals surface area contributed by atoms with E-state index in [0.717, 1.165) is 32.1 Å². The maximum absolute atomic E-state index is 10.5.